The second-order valence-corrected chi connectivity index (χ2v) is 6.22. The van der Waals surface area contributed by atoms with Crippen molar-refractivity contribution in [2.75, 3.05) is 18.9 Å². The molecule has 0 aliphatic rings. The zero-order valence-electron chi connectivity index (χ0n) is 12.2. The molecule has 0 heterocycles. The SMILES string of the molecule is COCc1cccc(NS(=O)(=O)c2ccc(OC)c(F)c2)c1. The van der Waals surface area contributed by atoms with Gasteiger partial charge in [0.1, 0.15) is 0 Å². The molecule has 0 saturated heterocycles. The lowest BCUT2D eigenvalue weighted by Crippen LogP contribution is -2.13. The first-order valence-corrected chi connectivity index (χ1v) is 7.89. The molecule has 0 radical (unpaired) electrons. The Balaban J connectivity index is 2.27. The van der Waals surface area contributed by atoms with Gasteiger partial charge in [0.15, 0.2) is 11.6 Å². The lowest BCUT2D eigenvalue weighted by Gasteiger charge is -2.10. The van der Waals surface area contributed by atoms with Gasteiger partial charge >= 0.3 is 0 Å². The van der Waals surface area contributed by atoms with Crippen LogP contribution in [0.4, 0.5) is 10.1 Å². The second-order valence-electron chi connectivity index (χ2n) is 4.54. The van der Waals surface area contributed by atoms with Gasteiger partial charge in [-0.2, -0.15) is 0 Å². The van der Waals surface area contributed by atoms with Crippen molar-refractivity contribution in [2.45, 2.75) is 11.5 Å². The summed E-state index contributed by atoms with van der Waals surface area (Å²) < 4.78 is 50.4. The van der Waals surface area contributed by atoms with Gasteiger partial charge in [-0.15, -0.1) is 0 Å². The Morgan fingerprint density at radius 3 is 2.55 bits per heavy atom. The van der Waals surface area contributed by atoms with Gasteiger partial charge in [0.2, 0.25) is 0 Å². The molecule has 7 heteroatoms. The third-order valence-corrected chi connectivity index (χ3v) is 4.30. The molecule has 0 aliphatic carbocycles. The number of anilines is 1. The summed E-state index contributed by atoms with van der Waals surface area (Å²) in [5, 5.41) is 0. The molecule has 5 nitrogen and oxygen atoms in total. The van der Waals surface area contributed by atoms with E-state index >= 15 is 0 Å². The minimum atomic E-state index is -3.88. The summed E-state index contributed by atoms with van der Waals surface area (Å²) in [5.41, 5.74) is 1.20. The average molecular weight is 325 g/mol. The van der Waals surface area contributed by atoms with Crippen LogP contribution in [0.15, 0.2) is 47.4 Å². The molecular formula is C15H16FNO4S. The fraction of sp³-hybridized carbons (Fsp3) is 0.200. The molecule has 0 aliphatic heterocycles. The number of halogens is 1. The topological polar surface area (TPSA) is 64.6 Å². The van der Waals surface area contributed by atoms with Crippen molar-refractivity contribution in [2.24, 2.45) is 0 Å². The molecule has 0 fully saturated rings. The van der Waals surface area contributed by atoms with Gasteiger partial charge in [-0.1, -0.05) is 12.1 Å². The third kappa shape index (κ3) is 3.75. The van der Waals surface area contributed by atoms with Crippen molar-refractivity contribution in [1.82, 2.24) is 0 Å². The van der Waals surface area contributed by atoms with E-state index in [2.05, 4.69) is 4.72 Å². The molecule has 1 N–H and O–H groups in total. The highest BCUT2D eigenvalue weighted by molar-refractivity contribution is 7.92. The smallest absolute Gasteiger partial charge is 0.262 e. The summed E-state index contributed by atoms with van der Waals surface area (Å²) in [4.78, 5) is -0.178. The number of sulfonamides is 1. The van der Waals surface area contributed by atoms with Gasteiger partial charge in [-0.3, -0.25) is 4.72 Å². The molecule has 0 spiro atoms. The number of ether oxygens (including phenoxy) is 2. The maximum absolute atomic E-state index is 13.7. The van der Waals surface area contributed by atoms with Gasteiger partial charge in [-0.05, 0) is 35.9 Å². The van der Waals surface area contributed by atoms with E-state index in [9.17, 15) is 12.8 Å². The number of methoxy groups -OCH3 is 2. The van der Waals surface area contributed by atoms with Gasteiger partial charge < -0.3 is 9.47 Å². The lowest BCUT2D eigenvalue weighted by molar-refractivity contribution is 0.185. The van der Waals surface area contributed by atoms with Crippen molar-refractivity contribution in [3.8, 4) is 5.75 Å². The van der Waals surface area contributed by atoms with Crippen LogP contribution < -0.4 is 9.46 Å². The van der Waals surface area contributed by atoms with E-state index in [1.807, 2.05) is 6.07 Å². The van der Waals surface area contributed by atoms with Crippen LogP contribution >= 0.6 is 0 Å². The number of nitrogens with one attached hydrogen (secondary N) is 1. The maximum atomic E-state index is 13.7. The van der Waals surface area contributed by atoms with Crippen LogP contribution in [0.2, 0.25) is 0 Å². The Bertz CT molecular complexity index is 762. The first kappa shape index (κ1) is 16.3. The Hall–Kier alpha value is -2.12. The molecule has 0 amide bonds. The first-order chi connectivity index (χ1) is 10.5. The lowest BCUT2D eigenvalue weighted by atomic mass is 10.2. The Kier molecular flexibility index (Phi) is 4.99. The predicted octanol–water partition coefficient (Wildman–Crippen LogP) is 2.78. The number of benzene rings is 2. The Morgan fingerprint density at radius 2 is 1.91 bits per heavy atom. The monoisotopic (exact) mass is 325 g/mol. The fourth-order valence-corrected chi connectivity index (χ4v) is 2.98. The zero-order valence-corrected chi connectivity index (χ0v) is 13.0. The van der Waals surface area contributed by atoms with Crippen LogP contribution in [0, 0.1) is 5.82 Å². The van der Waals surface area contributed by atoms with Gasteiger partial charge in [0.05, 0.1) is 18.6 Å². The molecule has 0 saturated carbocycles. The summed E-state index contributed by atoms with van der Waals surface area (Å²) in [7, 11) is -1.01. The van der Waals surface area contributed by atoms with E-state index < -0.39 is 15.8 Å². The second kappa shape index (κ2) is 6.76. The summed E-state index contributed by atoms with van der Waals surface area (Å²) >= 11 is 0. The van der Waals surface area contributed by atoms with Crippen molar-refractivity contribution < 1.29 is 22.3 Å². The van der Waals surface area contributed by atoms with Gasteiger partial charge in [-0.25, -0.2) is 12.8 Å². The highest BCUT2D eigenvalue weighted by atomic mass is 32.2. The highest BCUT2D eigenvalue weighted by Crippen LogP contribution is 2.23. The molecule has 0 bridgehead atoms. The molecule has 118 valence electrons. The van der Waals surface area contributed by atoms with Crippen LogP contribution in [0.5, 0.6) is 5.75 Å². The molecular weight excluding hydrogens is 309 g/mol. The zero-order chi connectivity index (χ0) is 16.2. The first-order valence-electron chi connectivity index (χ1n) is 6.40. The predicted molar refractivity (Wildman–Crippen MR) is 80.9 cm³/mol. The van der Waals surface area contributed by atoms with Crippen molar-refractivity contribution in [1.29, 1.82) is 0 Å². The van der Waals surface area contributed by atoms with E-state index in [0.717, 1.165) is 11.6 Å². The minimum absolute atomic E-state index is 0.0129. The summed E-state index contributed by atoms with van der Waals surface area (Å²) in [6.45, 7) is 0.368. The van der Waals surface area contributed by atoms with Crippen LogP contribution in [0.3, 0.4) is 0 Å². The minimum Gasteiger partial charge on any atom is -0.494 e. The molecule has 0 atom stereocenters. The average Bonchev–Trinajstić information content (AvgIpc) is 2.47. The highest BCUT2D eigenvalue weighted by Gasteiger charge is 2.17. The van der Waals surface area contributed by atoms with Crippen molar-refractivity contribution in [3.05, 3.63) is 53.8 Å². The summed E-state index contributed by atoms with van der Waals surface area (Å²) in [6.07, 6.45) is 0. The number of hydrogen-bond donors (Lipinski definition) is 1. The normalized spacial score (nSPS) is 11.2. The molecule has 0 aromatic heterocycles. The summed E-state index contributed by atoms with van der Waals surface area (Å²) in [6, 6.07) is 10.3. The van der Waals surface area contributed by atoms with E-state index in [1.54, 1.807) is 25.3 Å². The number of hydrogen-bond acceptors (Lipinski definition) is 4. The van der Waals surface area contributed by atoms with E-state index in [0.29, 0.717) is 12.3 Å². The summed E-state index contributed by atoms with van der Waals surface area (Å²) in [5.74, 6) is -0.750. The van der Waals surface area contributed by atoms with Gasteiger partial charge in [0, 0.05) is 12.8 Å². The van der Waals surface area contributed by atoms with E-state index in [1.165, 1.54) is 19.2 Å². The standard InChI is InChI=1S/C15H16FNO4S/c1-20-10-11-4-3-5-12(8-11)17-22(18,19)13-6-7-15(21-2)14(16)9-13/h3-9,17H,10H2,1-2H3. The molecule has 22 heavy (non-hydrogen) atoms. The van der Waals surface area contributed by atoms with Crippen LogP contribution in [-0.4, -0.2) is 22.6 Å². The molecule has 2 aromatic carbocycles. The Morgan fingerprint density at radius 1 is 1.14 bits per heavy atom. The van der Waals surface area contributed by atoms with Gasteiger partial charge in [0.25, 0.3) is 10.0 Å². The van der Waals surface area contributed by atoms with Crippen LogP contribution in [0.1, 0.15) is 5.56 Å². The van der Waals surface area contributed by atoms with Crippen LogP contribution in [0.25, 0.3) is 0 Å². The van der Waals surface area contributed by atoms with Crippen molar-refractivity contribution in [3.63, 3.8) is 0 Å². The molecule has 0 unspecified atom stereocenters. The van der Waals surface area contributed by atoms with Crippen LogP contribution in [-0.2, 0) is 21.4 Å². The fourth-order valence-electron chi connectivity index (χ4n) is 1.92. The molecule has 2 aromatic rings. The third-order valence-electron chi connectivity index (χ3n) is 2.92. The number of rotatable bonds is 6. The largest absolute Gasteiger partial charge is 0.494 e. The van der Waals surface area contributed by atoms with E-state index in [4.69, 9.17) is 9.47 Å². The van der Waals surface area contributed by atoms with Crippen molar-refractivity contribution >= 4 is 15.7 Å². The Labute approximate surface area is 128 Å². The molecule has 2 rings (SSSR count). The quantitative estimate of drug-likeness (QED) is 0.887. The maximum Gasteiger partial charge on any atom is 0.262 e. The van der Waals surface area contributed by atoms with E-state index in [-0.39, 0.29) is 10.6 Å².